The normalized spacial score (nSPS) is 13.6. The van der Waals surface area contributed by atoms with Crippen LogP contribution in [0.15, 0.2) is 0 Å². The highest BCUT2D eigenvalue weighted by atomic mass is 16.7. The van der Waals surface area contributed by atoms with E-state index in [4.69, 9.17) is 33.2 Å². The van der Waals surface area contributed by atoms with Crippen LogP contribution in [-0.4, -0.2) is 75.7 Å². The summed E-state index contributed by atoms with van der Waals surface area (Å²) in [6.07, 6.45) is 29.2. The Bertz CT molecular complexity index is 915. The molecule has 4 unspecified atom stereocenters. The van der Waals surface area contributed by atoms with Crippen molar-refractivity contribution in [3.63, 3.8) is 0 Å². The van der Waals surface area contributed by atoms with Crippen LogP contribution in [-0.2, 0) is 47.5 Å². The highest BCUT2D eigenvalue weighted by Gasteiger charge is 2.27. The van der Waals surface area contributed by atoms with Crippen LogP contribution in [0.1, 0.15) is 234 Å². The predicted octanol–water partition coefficient (Wildman–Crippen LogP) is 12.9. The second-order valence-corrected chi connectivity index (χ2v) is 15.9. The van der Waals surface area contributed by atoms with Gasteiger partial charge in [-0.3, -0.25) is 14.4 Å². The summed E-state index contributed by atoms with van der Waals surface area (Å²) in [5.74, 6) is -0.444. The Morgan fingerprint density at radius 2 is 0.724 bits per heavy atom. The molecule has 0 saturated heterocycles. The van der Waals surface area contributed by atoms with Gasteiger partial charge < -0.3 is 33.2 Å². The van der Waals surface area contributed by atoms with Gasteiger partial charge in [0.1, 0.15) is 25.8 Å². The molecule has 0 aromatic heterocycles. The number of carbonyl (C=O) groups is 3. The van der Waals surface area contributed by atoms with Crippen LogP contribution >= 0.6 is 0 Å². The van der Waals surface area contributed by atoms with Gasteiger partial charge in [-0.2, -0.15) is 0 Å². The van der Waals surface area contributed by atoms with Crippen molar-refractivity contribution in [1.29, 1.82) is 0 Å². The van der Waals surface area contributed by atoms with Crippen molar-refractivity contribution in [3.05, 3.63) is 0 Å². The minimum Gasteiger partial charge on any atom is -0.466 e. The Balaban J connectivity index is 4.38. The van der Waals surface area contributed by atoms with Crippen molar-refractivity contribution in [2.45, 2.75) is 259 Å². The summed E-state index contributed by atoms with van der Waals surface area (Å²) in [4.78, 5) is 36.9. The lowest BCUT2D eigenvalue weighted by Gasteiger charge is -2.27. The molecule has 0 aliphatic heterocycles. The molecule has 0 aromatic carbocycles. The first kappa shape index (κ1) is 56.2. The van der Waals surface area contributed by atoms with Gasteiger partial charge in [0, 0.05) is 32.5 Å². The summed E-state index contributed by atoms with van der Waals surface area (Å²) >= 11 is 0. The molecule has 0 aliphatic carbocycles. The number of unbranched alkanes of at least 4 members (excludes halogenated alkanes) is 19. The largest absolute Gasteiger partial charge is 0.466 e. The molecule has 0 aliphatic rings. The summed E-state index contributed by atoms with van der Waals surface area (Å²) < 4.78 is 40.5. The van der Waals surface area contributed by atoms with Gasteiger partial charge in [0.25, 0.3) is 0 Å². The van der Waals surface area contributed by atoms with E-state index < -0.39 is 0 Å². The van der Waals surface area contributed by atoms with Gasteiger partial charge in [0.05, 0.1) is 18.8 Å². The van der Waals surface area contributed by atoms with E-state index in [1.807, 2.05) is 27.7 Å². The fourth-order valence-electron chi connectivity index (χ4n) is 7.15. The molecular formula is C48H92O10. The molecule has 0 aromatic rings. The van der Waals surface area contributed by atoms with E-state index >= 15 is 0 Å². The molecular weight excluding hydrogens is 737 g/mol. The number of esters is 3. The molecule has 0 rings (SSSR count). The molecule has 0 N–H and O–H groups in total. The lowest BCUT2D eigenvalue weighted by atomic mass is 9.99. The average molecular weight is 829 g/mol. The van der Waals surface area contributed by atoms with E-state index in [1.54, 1.807) is 0 Å². The number of carbonyl (C=O) groups excluding carboxylic acids is 3. The molecule has 10 heteroatoms. The first-order valence-corrected chi connectivity index (χ1v) is 24.3. The smallest absolute Gasteiger partial charge is 0.305 e. The zero-order valence-electron chi connectivity index (χ0n) is 38.6. The van der Waals surface area contributed by atoms with Crippen molar-refractivity contribution in [3.8, 4) is 0 Å². The maximum absolute atomic E-state index is 12.3. The van der Waals surface area contributed by atoms with Crippen LogP contribution in [0.25, 0.3) is 0 Å². The van der Waals surface area contributed by atoms with Crippen molar-refractivity contribution in [2.75, 3.05) is 33.4 Å². The Kier molecular flexibility index (Phi) is 42.0. The lowest BCUT2D eigenvalue weighted by molar-refractivity contribution is -0.169. The zero-order chi connectivity index (χ0) is 42.7. The summed E-state index contributed by atoms with van der Waals surface area (Å²) in [7, 11) is 0. The highest BCUT2D eigenvalue weighted by molar-refractivity contribution is 5.69. The minimum absolute atomic E-state index is 0.102. The van der Waals surface area contributed by atoms with Gasteiger partial charge in [-0.15, -0.1) is 0 Å². The van der Waals surface area contributed by atoms with Crippen LogP contribution in [0.3, 0.4) is 0 Å². The van der Waals surface area contributed by atoms with Crippen molar-refractivity contribution in [1.82, 2.24) is 0 Å². The first-order chi connectivity index (χ1) is 28.4. The minimum atomic E-state index is -0.241. The third-order valence-electron chi connectivity index (χ3n) is 10.8. The molecule has 0 amide bonds. The number of ether oxygens (including phenoxy) is 7. The first-order valence-electron chi connectivity index (χ1n) is 24.3. The molecule has 0 spiro atoms. The fourth-order valence-corrected chi connectivity index (χ4v) is 7.15. The van der Waals surface area contributed by atoms with Gasteiger partial charge in [-0.1, -0.05) is 150 Å². The molecule has 0 heterocycles. The Morgan fingerprint density at radius 3 is 1.10 bits per heavy atom. The van der Waals surface area contributed by atoms with E-state index in [0.717, 1.165) is 116 Å². The zero-order valence-corrected chi connectivity index (χ0v) is 38.6. The van der Waals surface area contributed by atoms with E-state index in [-0.39, 0.29) is 55.9 Å². The van der Waals surface area contributed by atoms with E-state index in [1.165, 1.54) is 57.8 Å². The maximum atomic E-state index is 12.3. The molecule has 58 heavy (non-hydrogen) atoms. The Labute approximate surface area is 356 Å². The summed E-state index contributed by atoms with van der Waals surface area (Å²) in [6.45, 7) is 14.1. The Hall–Kier alpha value is -1.75. The van der Waals surface area contributed by atoms with Crippen LogP contribution in [0.2, 0.25) is 0 Å². The molecule has 344 valence electrons. The van der Waals surface area contributed by atoms with Gasteiger partial charge in [0.15, 0.2) is 0 Å². The van der Waals surface area contributed by atoms with Crippen molar-refractivity contribution >= 4 is 17.9 Å². The number of hydrogen-bond donors (Lipinski definition) is 0. The second-order valence-electron chi connectivity index (χ2n) is 15.9. The van der Waals surface area contributed by atoms with Crippen LogP contribution < -0.4 is 0 Å². The molecule has 0 radical (unpaired) electrons. The third-order valence-corrected chi connectivity index (χ3v) is 10.8. The van der Waals surface area contributed by atoms with E-state index in [9.17, 15) is 14.4 Å². The summed E-state index contributed by atoms with van der Waals surface area (Å²) in [5.41, 5.74) is 0. The van der Waals surface area contributed by atoms with Crippen LogP contribution in [0.4, 0.5) is 0 Å². The molecule has 0 saturated carbocycles. The van der Waals surface area contributed by atoms with Gasteiger partial charge >= 0.3 is 17.9 Å². The van der Waals surface area contributed by atoms with E-state index in [0.29, 0.717) is 39.1 Å². The van der Waals surface area contributed by atoms with Gasteiger partial charge in [-0.25, -0.2) is 0 Å². The van der Waals surface area contributed by atoms with Gasteiger partial charge in [0.2, 0.25) is 0 Å². The monoisotopic (exact) mass is 829 g/mol. The third kappa shape index (κ3) is 35.0. The number of hydrogen-bond acceptors (Lipinski definition) is 10. The molecule has 0 fully saturated rings. The SMILES string of the molecule is CCCCCCCCC(OCOCC)C(CCCCCCCCOC(=O)CCCCCCCC(OCOCC)C(CCCCCCCC)OC(=O)CC)OC(=O)CC. The summed E-state index contributed by atoms with van der Waals surface area (Å²) in [5, 5.41) is 0. The molecule has 4 atom stereocenters. The second kappa shape index (κ2) is 43.3. The standard InChI is InChI=1S/C48H92O10/c1-7-13-15-17-22-28-34-42(55-40-52-11-5)45(58-47(50)10-4)37-31-24-19-20-27-33-39-54-48(51)38-32-26-21-25-29-35-43(56-41-53-12-6)44(57-46(49)9-3)36-30-23-18-16-14-8-2/h42-45H,7-41H2,1-6H3. The maximum Gasteiger partial charge on any atom is 0.305 e. The predicted molar refractivity (Wildman–Crippen MR) is 235 cm³/mol. The lowest BCUT2D eigenvalue weighted by Crippen LogP contribution is -2.34. The number of rotatable bonds is 45. The Morgan fingerprint density at radius 1 is 0.379 bits per heavy atom. The summed E-state index contributed by atoms with van der Waals surface area (Å²) in [6, 6.07) is 0. The topological polar surface area (TPSA) is 116 Å². The highest BCUT2D eigenvalue weighted by Crippen LogP contribution is 2.23. The van der Waals surface area contributed by atoms with Crippen LogP contribution in [0, 0.1) is 0 Å². The molecule has 10 nitrogen and oxygen atoms in total. The average Bonchev–Trinajstić information content (AvgIpc) is 3.22. The van der Waals surface area contributed by atoms with Crippen LogP contribution in [0.5, 0.6) is 0 Å². The van der Waals surface area contributed by atoms with Gasteiger partial charge in [-0.05, 0) is 65.2 Å². The van der Waals surface area contributed by atoms with Crippen molar-refractivity contribution in [2.24, 2.45) is 0 Å². The quantitative estimate of drug-likeness (QED) is 0.0254. The van der Waals surface area contributed by atoms with E-state index in [2.05, 4.69) is 13.8 Å². The van der Waals surface area contributed by atoms with Crippen molar-refractivity contribution < 1.29 is 47.5 Å². The molecule has 0 bridgehead atoms. The fraction of sp³-hybridized carbons (Fsp3) is 0.938.